The Morgan fingerprint density at radius 1 is 0.214 bits per heavy atom. The third-order valence-electron chi connectivity index (χ3n) is 0. The van der Waals surface area contributed by atoms with E-state index in [-0.39, 0.29) is 189 Å². The van der Waals surface area contributed by atoms with Gasteiger partial charge in [-0.1, -0.05) is 59.4 Å². The van der Waals surface area contributed by atoms with Crippen molar-refractivity contribution in [2.75, 3.05) is 0 Å². The van der Waals surface area contributed by atoms with Gasteiger partial charge in [-0.25, -0.2) is 0 Å². The van der Waals surface area contributed by atoms with E-state index in [4.69, 9.17) is 0 Å². The Bertz CT molecular complexity index is 19.3. The van der Waals surface area contributed by atoms with Crippen molar-refractivity contribution in [1.29, 1.82) is 0 Å². The summed E-state index contributed by atoms with van der Waals surface area (Å²) in [6, 6.07) is 0. The molecule has 0 amide bonds. The molecule has 0 saturated carbocycles. The van der Waals surface area contributed by atoms with E-state index in [1.807, 2.05) is 0 Å². The summed E-state index contributed by atoms with van der Waals surface area (Å²) in [4.78, 5) is 0. The maximum Gasteiger partial charge on any atom is 0 e. The van der Waals surface area contributed by atoms with Gasteiger partial charge in [-0.05, 0) is 0 Å². The van der Waals surface area contributed by atoms with E-state index >= 15 is 0 Å². The minimum Gasteiger partial charge on any atom is -0.0776 e. The van der Waals surface area contributed by atoms with Gasteiger partial charge in [-0.15, -0.1) is 0 Å². The first-order chi connectivity index (χ1) is 0. The van der Waals surface area contributed by atoms with E-state index < -0.39 is 0 Å². The van der Waals surface area contributed by atoms with Gasteiger partial charge in [0.15, 0.2) is 0 Å². The van der Waals surface area contributed by atoms with Crippen LogP contribution in [-0.2, 0) is 0 Å². The van der Waals surface area contributed by atoms with E-state index in [1.54, 1.807) is 0 Å². The molecule has 0 fully saturated rings. The van der Waals surface area contributed by atoms with Crippen molar-refractivity contribution in [2.45, 2.75) is 59.4 Å². The van der Waals surface area contributed by atoms with Crippen molar-refractivity contribution in [2.24, 2.45) is 0 Å². The molecule has 0 aliphatic carbocycles. The molecule has 0 heterocycles. The molecule has 20 radical (unpaired) electrons. The Hall–Kier alpha value is 4.23. The van der Waals surface area contributed by atoms with E-state index in [0.717, 1.165) is 0 Å². The minimum absolute atomic E-state index is 0. The Balaban J connectivity index is 0. The summed E-state index contributed by atoms with van der Waals surface area (Å²) < 4.78 is 0. The fourth-order valence-electron chi connectivity index (χ4n) is 0. The van der Waals surface area contributed by atoms with Gasteiger partial charge < -0.3 is 0 Å². The van der Waals surface area contributed by atoms with Gasteiger partial charge >= 0.3 is 0 Å². The fraction of sp³-hybridized carbons (Fsp3) is 1.00. The molecule has 14 heavy (non-hydrogen) atoms. The average molecular weight is 761 g/mol. The van der Waals surface area contributed by atoms with Gasteiger partial charge in [0.1, 0.15) is 0 Å². The first-order valence-corrected chi connectivity index (χ1v) is 0. The van der Waals surface area contributed by atoms with Crippen molar-refractivity contribution < 1.29 is 0 Å². The van der Waals surface area contributed by atoms with Gasteiger partial charge in [-0.3, -0.25) is 0 Å². The predicted molar refractivity (Wildman–Crippen MR) is 88.4 cm³/mol. The summed E-state index contributed by atoms with van der Waals surface area (Å²) in [6.07, 6.45) is 0. The monoisotopic (exact) mass is 768 g/mol. The smallest absolute Gasteiger partial charge is 0 e. The normalized spacial score (nSPS) is 0. The standard InChI is InChI=1S/8CH4.2Se.4Sn/h8*1H4;;;;;;. The topological polar surface area (TPSA) is 0 Å². The maximum atomic E-state index is 0. The second kappa shape index (κ2) is 253. The Morgan fingerprint density at radius 2 is 0.214 bits per heavy atom. The first kappa shape index (κ1) is 302. The van der Waals surface area contributed by atoms with Crippen molar-refractivity contribution in [3.8, 4) is 0 Å². The van der Waals surface area contributed by atoms with Crippen LogP contribution in [0.4, 0.5) is 0 Å². The molecule has 0 aromatic heterocycles. The van der Waals surface area contributed by atoms with Crippen molar-refractivity contribution in [1.82, 2.24) is 0 Å². The Kier molecular flexibility index (Phi) is 5470. The van der Waals surface area contributed by atoms with Crippen LogP contribution in [0, 0.1) is 0 Å². The molecule has 0 aliphatic heterocycles. The number of hydrogen-bond acceptors (Lipinski definition) is 0. The van der Waals surface area contributed by atoms with Crippen molar-refractivity contribution in [3.63, 3.8) is 0 Å². The Labute approximate surface area is 186 Å². The third kappa shape index (κ3) is 210. The van der Waals surface area contributed by atoms with Crippen LogP contribution in [0.3, 0.4) is 0 Å². The molecule has 0 aliphatic rings. The zero-order valence-electron chi connectivity index (χ0n) is 2.82. The molecule has 0 bridgehead atoms. The molecule has 0 saturated heterocycles. The van der Waals surface area contributed by atoms with E-state index in [2.05, 4.69) is 0 Å². The van der Waals surface area contributed by atoms with E-state index in [0.29, 0.717) is 0 Å². The molecule has 0 aromatic carbocycles. The van der Waals surface area contributed by atoms with Crippen molar-refractivity contribution in [3.05, 3.63) is 0 Å². The third-order valence-corrected chi connectivity index (χ3v) is 0. The van der Waals surface area contributed by atoms with Gasteiger partial charge in [-0.2, -0.15) is 0 Å². The molecule has 0 rings (SSSR count). The van der Waals surface area contributed by atoms with Crippen LogP contribution in [0.1, 0.15) is 59.4 Å². The zero-order valence-corrected chi connectivity index (χ0v) is 17.7. The minimum atomic E-state index is 0. The van der Waals surface area contributed by atoms with Gasteiger partial charge in [0.05, 0.1) is 0 Å². The SMILES string of the molecule is C.C.C.C.C.C.C.C.[Se].[Se].[Sn].[Sn].[Sn].[Sn]. The molecule has 0 N–H and O–H groups in total. The van der Waals surface area contributed by atoms with Crippen LogP contribution in [-0.4, -0.2) is 130 Å². The number of rotatable bonds is 0. The first-order valence-electron chi connectivity index (χ1n) is 0. The second-order valence-corrected chi connectivity index (χ2v) is 0. The maximum absolute atomic E-state index is 0. The second-order valence-electron chi connectivity index (χ2n) is 0. The molecule has 6 heteroatoms. The fourth-order valence-corrected chi connectivity index (χ4v) is 0. The van der Waals surface area contributed by atoms with Gasteiger partial charge in [0, 0.05) is 130 Å². The predicted octanol–water partition coefficient (Wildman–Crippen LogP) is 2.80. The number of hydrogen-bond donors (Lipinski definition) is 0. The zero-order chi connectivity index (χ0) is 0. The summed E-state index contributed by atoms with van der Waals surface area (Å²) in [5, 5.41) is 0. The summed E-state index contributed by atoms with van der Waals surface area (Å²) >= 11 is 0. The molecular weight excluding hydrogens is 729 g/mol. The summed E-state index contributed by atoms with van der Waals surface area (Å²) in [6.45, 7) is 0. The molecule has 0 atom stereocenters. The quantitative estimate of drug-likeness (QED) is 0.334. The Morgan fingerprint density at radius 3 is 0.214 bits per heavy atom. The summed E-state index contributed by atoms with van der Waals surface area (Å²) in [7, 11) is 0. The molecule has 0 nitrogen and oxygen atoms in total. The van der Waals surface area contributed by atoms with Crippen LogP contribution >= 0.6 is 0 Å². The molecular formula is C8H32Se2Sn4. The summed E-state index contributed by atoms with van der Waals surface area (Å²) in [5.74, 6) is 0. The van der Waals surface area contributed by atoms with Crippen LogP contribution in [0.25, 0.3) is 0 Å². The van der Waals surface area contributed by atoms with E-state index in [1.165, 1.54) is 0 Å². The van der Waals surface area contributed by atoms with Crippen molar-refractivity contribution >= 4 is 130 Å². The summed E-state index contributed by atoms with van der Waals surface area (Å²) in [5.41, 5.74) is 0. The molecule has 92 valence electrons. The van der Waals surface area contributed by atoms with Crippen LogP contribution in [0.15, 0.2) is 0 Å². The molecule has 0 spiro atoms. The molecule has 0 aromatic rings. The van der Waals surface area contributed by atoms with Crippen LogP contribution in [0.5, 0.6) is 0 Å². The average Bonchev–Trinajstić information content (AvgIpc) is 0. The molecule has 0 unspecified atom stereocenters. The van der Waals surface area contributed by atoms with E-state index in [9.17, 15) is 0 Å². The van der Waals surface area contributed by atoms with Gasteiger partial charge in [0.25, 0.3) is 0 Å². The van der Waals surface area contributed by atoms with Gasteiger partial charge in [0.2, 0.25) is 0 Å². The largest absolute Gasteiger partial charge is 0.0776 e. The van der Waals surface area contributed by atoms with Crippen LogP contribution in [0.2, 0.25) is 0 Å². The van der Waals surface area contributed by atoms with Crippen LogP contribution < -0.4 is 0 Å².